The van der Waals surface area contributed by atoms with E-state index in [9.17, 15) is 19.5 Å². The zero-order valence-corrected chi connectivity index (χ0v) is 34.4. The van der Waals surface area contributed by atoms with Crippen molar-refractivity contribution in [2.45, 2.75) is 84.2 Å². The molecule has 9 rings (SSSR count). The van der Waals surface area contributed by atoms with E-state index < -0.39 is 29.9 Å². The second kappa shape index (κ2) is 16.2. The SMILES string of the molecule is Cc1nc(C(=O)N2Cc3cc4c(cc3C[C@H]2C(=O)N[C@@H](Cc2ccc(-c3ccnc(C)c3C)cc2)C(=O)O)OC[C@H](c2ccc(OC3Cc5ccccc5C3)cc2)O4)c(C)o1. The molecule has 6 aromatic rings. The van der Waals surface area contributed by atoms with Gasteiger partial charge in [-0.05, 0) is 101 Å². The molecule has 2 N–H and O–H groups in total. The number of hydrogen-bond donors (Lipinski definition) is 2. The van der Waals surface area contributed by atoms with E-state index in [0.717, 1.165) is 63.2 Å². The zero-order chi connectivity index (χ0) is 42.4. The van der Waals surface area contributed by atoms with Crippen LogP contribution in [-0.4, -0.2) is 62.6 Å². The summed E-state index contributed by atoms with van der Waals surface area (Å²) >= 11 is 0. The van der Waals surface area contributed by atoms with Gasteiger partial charge in [-0.3, -0.25) is 14.6 Å². The third-order valence-electron chi connectivity index (χ3n) is 12.1. The van der Waals surface area contributed by atoms with E-state index in [1.54, 1.807) is 20.0 Å². The number of nitrogens with zero attached hydrogens (tertiary/aromatic N) is 3. The molecule has 0 bridgehead atoms. The van der Waals surface area contributed by atoms with E-state index in [4.69, 9.17) is 18.6 Å². The van der Waals surface area contributed by atoms with Crippen molar-refractivity contribution in [3.63, 3.8) is 0 Å². The Hall–Kier alpha value is -6.95. The fraction of sp³-hybridized carbons (Fsp3) is 0.286. The fourth-order valence-corrected chi connectivity index (χ4v) is 8.66. The summed E-state index contributed by atoms with van der Waals surface area (Å²) in [6.45, 7) is 7.59. The first kappa shape index (κ1) is 39.5. The van der Waals surface area contributed by atoms with Crippen molar-refractivity contribution < 1.29 is 38.1 Å². The molecule has 2 aromatic heterocycles. The number of nitrogens with one attached hydrogen (secondary N) is 1. The number of aromatic nitrogens is 2. The molecule has 4 aromatic carbocycles. The fourth-order valence-electron chi connectivity index (χ4n) is 8.66. The van der Waals surface area contributed by atoms with Crippen LogP contribution in [-0.2, 0) is 41.8 Å². The third kappa shape index (κ3) is 8.05. The molecular weight excluding hydrogens is 773 g/mol. The summed E-state index contributed by atoms with van der Waals surface area (Å²) in [6, 6.07) is 27.3. The maximum atomic E-state index is 14.2. The number of amides is 2. The van der Waals surface area contributed by atoms with E-state index in [2.05, 4.69) is 39.6 Å². The molecule has 2 amide bonds. The number of aliphatic carboxylic acids is 1. The first-order chi connectivity index (χ1) is 29.5. The van der Waals surface area contributed by atoms with Crippen LogP contribution in [0.15, 0.2) is 102 Å². The predicted molar refractivity (Wildman–Crippen MR) is 226 cm³/mol. The quantitative estimate of drug-likeness (QED) is 0.143. The summed E-state index contributed by atoms with van der Waals surface area (Å²) in [7, 11) is 0. The lowest BCUT2D eigenvalue weighted by Gasteiger charge is -2.37. The van der Waals surface area contributed by atoms with Gasteiger partial charge in [-0.25, -0.2) is 9.78 Å². The highest BCUT2D eigenvalue weighted by Gasteiger charge is 2.39. The van der Waals surface area contributed by atoms with Gasteiger partial charge < -0.3 is 34.0 Å². The number of oxazole rings is 1. The second-order valence-corrected chi connectivity index (χ2v) is 16.1. The monoisotopic (exact) mass is 818 g/mol. The van der Waals surface area contributed by atoms with Gasteiger partial charge in [0.2, 0.25) is 5.91 Å². The van der Waals surface area contributed by atoms with Crippen molar-refractivity contribution in [3.05, 3.63) is 159 Å². The molecule has 3 atom stereocenters. The molecule has 0 saturated heterocycles. The van der Waals surface area contributed by atoms with Crippen molar-refractivity contribution in [2.75, 3.05) is 6.61 Å². The molecule has 0 spiro atoms. The molecule has 4 heterocycles. The number of fused-ring (bicyclic) bond motifs is 3. The molecule has 61 heavy (non-hydrogen) atoms. The highest BCUT2D eigenvalue weighted by molar-refractivity contribution is 5.98. The zero-order valence-electron chi connectivity index (χ0n) is 34.4. The third-order valence-corrected chi connectivity index (χ3v) is 12.1. The number of carbonyl (C=O) groups is 3. The van der Waals surface area contributed by atoms with E-state index in [1.165, 1.54) is 16.0 Å². The van der Waals surface area contributed by atoms with E-state index >= 15 is 0 Å². The minimum absolute atomic E-state index is 0.0411. The van der Waals surface area contributed by atoms with Gasteiger partial charge in [0.15, 0.2) is 29.2 Å². The van der Waals surface area contributed by atoms with E-state index in [-0.39, 0.29) is 43.9 Å². The Balaban J connectivity index is 0.919. The van der Waals surface area contributed by atoms with Crippen LogP contribution in [0.3, 0.4) is 0 Å². The molecule has 1 aliphatic carbocycles. The number of carboxylic acids is 1. The minimum atomic E-state index is -1.25. The Bertz CT molecular complexity index is 2630. The van der Waals surface area contributed by atoms with Gasteiger partial charge in [0.25, 0.3) is 5.91 Å². The normalized spacial score (nSPS) is 17.3. The van der Waals surface area contributed by atoms with Crippen molar-refractivity contribution in [2.24, 2.45) is 0 Å². The van der Waals surface area contributed by atoms with Crippen LogP contribution in [0.5, 0.6) is 17.2 Å². The van der Waals surface area contributed by atoms with E-state index in [0.29, 0.717) is 23.1 Å². The number of carbonyl (C=O) groups excluding carboxylic acids is 2. The lowest BCUT2D eigenvalue weighted by atomic mass is 9.91. The molecule has 310 valence electrons. The number of benzene rings is 4. The van der Waals surface area contributed by atoms with Crippen LogP contribution in [0.1, 0.15) is 72.9 Å². The largest absolute Gasteiger partial charge is 0.490 e. The smallest absolute Gasteiger partial charge is 0.326 e. The van der Waals surface area contributed by atoms with Crippen molar-refractivity contribution in [3.8, 4) is 28.4 Å². The van der Waals surface area contributed by atoms with Gasteiger partial charge in [0, 0.05) is 51.0 Å². The van der Waals surface area contributed by atoms with Gasteiger partial charge in [0.05, 0.1) is 0 Å². The highest BCUT2D eigenvalue weighted by Crippen LogP contribution is 2.41. The number of pyridine rings is 1. The number of carboxylic acid groups (broad SMARTS) is 1. The minimum Gasteiger partial charge on any atom is -0.490 e. The van der Waals surface area contributed by atoms with Gasteiger partial charge in [-0.2, -0.15) is 0 Å². The topological polar surface area (TPSA) is 153 Å². The Labute approximate surface area is 353 Å². The van der Waals surface area contributed by atoms with Gasteiger partial charge in [0.1, 0.15) is 36.3 Å². The average Bonchev–Trinajstić information content (AvgIpc) is 3.83. The first-order valence-electron chi connectivity index (χ1n) is 20.6. The first-order valence-corrected chi connectivity index (χ1v) is 20.6. The molecule has 0 unspecified atom stereocenters. The number of ether oxygens (including phenoxy) is 3. The van der Waals surface area contributed by atoms with Crippen molar-refractivity contribution >= 4 is 17.8 Å². The van der Waals surface area contributed by atoms with Crippen LogP contribution < -0.4 is 19.5 Å². The maximum absolute atomic E-state index is 14.2. The highest BCUT2D eigenvalue weighted by atomic mass is 16.6. The molecule has 0 saturated carbocycles. The Morgan fingerprint density at radius 1 is 0.869 bits per heavy atom. The molecule has 12 heteroatoms. The van der Waals surface area contributed by atoms with Gasteiger partial charge >= 0.3 is 5.97 Å². The average molecular weight is 819 g/mol. The standard InChI is InChI=1S/C49H46N4O8/c1-27-28(2)50-18-17-40(27)32-11-9-31(10-12-32)19-41(49(56)57)52-47(54)42-22-36-23-43-44(24-37(36)25-53(42)48(55)46-29(3)59-30(4)51-46)61-45(26-58-43)33-13-15-38(16-14-33)60-39-20-34-7-5-6-8-35(34)21-39/h5-18,23-24,39,41-42,45H,19-22,25-26H2,1-4H3,(H,52,54)(H,56,57)/t41-,42-,45+/m0/s1. The molecule has 3 aliphatic rings. The molecule has 0 radical (unpaired) electrons. The Morgan fingerprint density at radius 2 is 1.59 bits per heavy atom. The summed E-state index contributed by atoms with van der Waals surface area (Å²) in [5.74, 6) is 0.210. The lowest BCUT2D eigenvalue weighted by Crippen LogP contribution is -2.56. The predicted octanol–water partition coefficient (Wildman–Crippen LogP) is 7.41. The van der Waals surface area contributed by atoms with Crippen LogP contribution in [0.2, 0.25) is 0 Å². The van der Waals surface area contributed by atoms with Crippen molar-refractivity contribution in [1.82, 2.24) is 20.2 Å². The number of hydrogen-bond acceptors (Lipinski definition) is 9. The number of aryl methyl sites for hydroxylation is 3. The summed E-state index contributed by atoms with van der Waals surface area (Å²) < 4.78 is 24.7. The van der Waals surface area contributed by atoms with Crippen LogP contribution in [0, 0.1) is 27.7 Å². The maximum Gasteiger partial charge on any atom is 0.326 e. The van der Waals surface area contributed by atoms with Crippen molar-refractivity contribution in [1.29, 1.82) is 0 Å². The second-order valence-electron chi connectivity index (χ2n) is 16.1. The van der Waals surface area contributed by atoms with Crippen LogP contribution in [0.25, 0.3) is 11.1 Å². The summed E-state index contributed by atoms with van der Waals surface area (Å²) in [6.07, 6.45) is 3.40. The molecule has 0 fully saturated rings. The summed E-state index contributed by atoms with van der Waals surface area (Å²) in [4.78, 5) is 51.2. The molecular formula is C49H46N4O8. The van der Waals surface area contributed by atoms with Gasteiger partial charge in [-0.15, -0.1) is 0 Å². The molecule has 2 aliphatic heterocycles. The van der Waals surface area contributed by atoms with E-state index in [1.807, 2.05) is 80.6 Å². The number of rotatable bonds is 10. The molecule has 12 nitrogen and oxygen atoms in total. The Morgan fingerprint density at radius 3 is 2.28 bits per heavy atom. The van der Waals surface area contributed by atoms with Crippen LogP contribution in [0.4, 0.5) is 0 Å². The summed E-state index contributed by atoms with van der Waals surface area (Å²) in [5, 5.41) is 13.1. The van der Waals surface area contributed by atoms with Crippen LogP contribution >= 0.6 is 0 Å². The summed E-state index contributed by atoms with van der Waals surface area (Å²) in [5.41, 5.74) is 10.0. The lowest BCUT2D eigenvalue weighted by molar-refractivity contribution is -0.142. The van der Waals surface area contributed by atoms with Gasteiger partial charge in [-0.1, -0.05) is 60.7 Å². The Kier molecular flexibility index (Phi) is 10.5.